The van der Waals surface area contributed by atoms with Crippen molar-refractivity contribution >= 4 is 15.9 Å². The second kappa shape index (κ2) is 4.36. The highest BCUT2D eigenvalue weighted by molar-refractivity contribution is 9.10. The van der Waals surface area contributed by atoms with Crippen molar-refractivity contribution in [2.75, 3.05) is 6.61 Å². The maximum Gasteiger partial charge on any atom is 0.124 e. The van der Waals surface area contributed by atoms with Crippen molar-refractivity contribution in [2.45, 2.75) is 13.3 Å². The third-order valence-electron chi connectivity index (χ3n) is 1.33. The summed E-state index contributed by atoms with van der Waals surface area (Å²) in [6.45, 7) is 2.72. The lowest BCUT2D eigenvalue weighted by Crippen LogP contribution is -1.94. The van der Waals surface area contributed by atoms with Crippen LogP contribution in [-0.4, -0.2) is 11.7 Å². The van der Waals surface area contributed by atoms with Crippen LogP contribution in [0.4, 0.5) is 0 Å². The third kappa shape index (κ3) is 2.74. The molecular weight excluding hydrogens is 220 g/mol. The van der Waals surface area contributed by atoms with Gasteiger partial charge in [-0.2, -0.15) is 0 Å². The fourth-order valence-electron chi connectivity index (χ4n) is 0.851. The number of benzene rings is 1. The van der Waals surface area contributed by atoms with Crippen molar-refractivity contribution in [2.24, 2.45) is 0 Å². The maximum absolute atomic E-state index is 9.18. The van der Waals surface area contributed by atoms with Crippen LogP contribution < -0.4 is 4.74 Å². The van der Waals surface area contributed by atoms with E-state index in [9.17, 15) is 5.11 Å². The molecule has 0 fully saturated rings. The van der Waals surface area contributed by atoms with Crippen LogP contribution >= 0.6 is 15.9 Å². The summed E-state index contributed by atoms with van der Waals surface area (Å²) in [6.07, 6.45) is 0.966. The minimum Gasteiger partial charge on any atom is -0.508 e. The molecule has 0 bridgehead atoms. The van der Waals surface area contributed by atoms with Gasteiger partial charge in [-0.25, -0.2) is 0 Å². The van der Waals surface area contributed by atoms with Gasteiger partial charge in [0.2, 0.25) is 0 Å². The molecule has 0 heterocycles. The number of phenols is 1. The highest BCUT2D eigenvalue weighted by atomic mass is 79.9. The van der Waals surface area contributed by atoms with E-state index in [-0.39, 0.29) is 5.75 Å². The van der Waals surface area contributed by atoms with Gasteiger partial charge in [0.1, 0.15) is 11.5 Å². The molecule has 1 aromatic carbocycles. The topological polar surface area (TPSA) is 29.5 Å². The summed E-state index contributed by atoms with van der Waals surface area (Å²) in [6, 6.07) is 5.05. The largest absolute Gasteiger partial charge is 0.508 e. The molecule has 0 aliphatic rings. The summed E-state index contributed by atoms with van der Waals surface area (Å²) in [5.41, 5.74) is 0. The zero-order valence-corrected chi connectivity index (χ0v) is 8.47. The molecule has 0 unspecified atom stereocenters. The number of hydrogen-bond donors (Lipinski definition) is 1. The molecular formula is C9H11BrO2. The van der Waals surface area contributed by atoms with Crippen LogP contribution in [0.5, 0.6) is 11.5 Å². The van der Waals surface area contributed by atoms with E-state index >= 15 is 0 Å². The highest BCUT2D eigenvalue weighted by Crippen LogP contribution is 2.25. The smallest absolute Gasteiger partial charge is 0.124 e. The van der Waals surface area contributed by atoms with Crippen LogP contribution in [0.1, 0.15) is 13.3 Å². The number of phenolic OH excluding ortho intramolecular Hbond substituents is 1. The molecule has 3 heteroatoms. The lowest BCUT2D eigenvalue weighted by Gasteiger charge is -2.04. The standard InChI is InChI=1S/C9H11BrO2/c1-2-3-12-9-5-7(10)4-8(11)6-9/h4-6,11H,2-3H2,1H3. The molecule has 2 nitrogen and oxygen atoms in total. The Morgan fingerprint density at radius 2 is 2.17 bits per heavy atom. The van der Waals surface area contributed by atoms with Crippen molar-refractivity contribution in [3.05, 3.63) is 22.7 Å². The van der Waals surface area contributed by atoms with E-state index in [1.807, 2.05) is 13.0 Å². The molecule has 0 aromatic heterocycles. The molecule has 0 saturated carbocycles. The zero-order valence-electron chi connectivity index (χ0n) is 6.88. The van der Waals surface area contributed by atoms with Gasteiger partial charge in [-0.3, -0.25) is 0 Å². The quantitative estimate of drug-likeness (QED) is 0.866. The lowest BCUT2D eigenvalue weighted by molar-refractivity contribution is 0.315. The van der Waals surface area contributed by atoms with Gasteiger partial charge < -0.3 is 9.84 Å². The second-order valence-corrected chi connectivity index (χ2v) is 3.41. The van der Waals surface area contributed by atoms with E-state index in [1.54, 1.807) is 12.1 Å². The Labute approximate surface area is 80.3 Å². The zero-order chi connectivity index (χ0) is 8.97. The first-order chi connectivity index (χ1) is 5.72. The predicted octanol–water partition coefficient (Wildman–Crippen LogP) is 2.94. The van der Waals surface area contributed by atoms with Crippen LogP contribution in [-0.2, 0) is 0 Å². The van der Waals surface area contributed by atoms with Gasteiger partial charge in [0.05, 0.1) is 6.61 Å². The molecule has 0 radical (unpaired) electrons. The lowest BCUT2D eigenvalue weighted by atomic mass is 10.3. The molecule has 0 amide bonds. The molecule has 1 aromatic rings. The molecule has 0 spiro atoms. The number of hydrogen-bond acceptors (Lipinski definition) is 2. The van der Waals surface area contributed by atoms with Crippen molar-refractivity contribution < 1.29 is 9.84 Å². The summed E-state index contributed by atoms with van der Waals surface area (Å²) in [5, 5.41) is 9.18. The van der Waals surface area contributed by atoms with Gasteiger partial charge in [-0.05, 0) is 18.6 Å². The second-order valence-electron chi connectivity index (χ2n) is 2.49. The first-order valence-corrected chi connectivity index (χ1v) is 4.64. The average molecular weight is 231 g/mol. The fraction of sp³-hybridized carbons (Fsp3) is 0.333. The maximum atomic E-state index is 9.18. The summed E-state index contributed by atoms with van der Waals surface area (Å²) < 4.78 is 6.15. The van der Waals surface area contributed by atoms with Crippen molar-refractivity contribution in [3.8, 4) is 11.5 Å². The van der Waals surface area contributed by atoms with Gasteiger partial charge in [-0.15, -0.1) is 0 Å². The molecule has 0 aliphatic heterocycles. The normalized spacial score (nSPS) is 9.83. The summed E-state index contributed by atoms with van der Waals surface area (Å²) in [7, 11) is 0. The van der Waals surface area contributed by atoms with Crippen LogP contribution in [0.2, 0.25) is 0 Å². The van der Waals surface area contributed by atoms with Crippen molar-refractivity contribution in [1.29, 1.82) is 0 Å². The van der Waals surface area contributed by atoms with E-state index in [1.165, 1.54) is 0 Å². The number of ether oxygens (including phenoxy) is 1. The average Bonchev–Trinajstić information content (AvgIpc) is 1.99. The van der Waals surface area contributed by atoms with Gasteiger partial charge in [-0.1, -0.05) is 22.9 Å². The Morgan fingerprint density at radius 3 is 2.75 bits per heavy atom. The molecule has 1 rings (SSSR count). The molecule has 1 N–H and O–H groups in total. The van der Waals surface area contributed by atoms with Crippen LogP contribution in [0, 0.1) is 0 Å². The number of halogens is 1. The Balaban J connectivity index is 2.72. The Bertz CT molecular complexity index is 240. The Hall–Kier alpha value is -0.700. The Morgan fingerprint density at radius 1 is 1.42 bits per heavy atom. The summed E-state index contributed by atoms with van der Waals surface area (Å²) >= 11 is 3.26. The van der Waals surface area contributed by atoms with E-state index in [4.69, 9.17) is 4.74 Å². The predicted molar refractivity (Wildman–Crippen MR) is 51.6 cm³/mol. The number of aromatic hydroxyl groups is 1. The molecule has 0 aliphatic carbocycles. The van der Waals surface area contributed by atoms with Gasteiger partial charge >= 0.3 is 0 Å². The Kier molecular flexibility index (Phi) is 3.41. The summed E-state index contributed by atoms with van der Waals surface area (Å²) in [4.78, 5) is 0. The highest BCUT2D eigenvalue weighted by Gasteiger charge is 1.97. The van der Waals surface area contributed by atoms with Gasteiger partial charge in [0.15, 0.2) is 0 Å². The van der Waals surface area contributed by atoms with Crippen molar-refractivity contribution in [3.63, 3.8) is 0 Å². The third-order valence-corrected chi connectivity index (χ3v) is 1.79. The van der Waals surface area contributed by atoms with E-state index < -0.39 is 0 Å². The molecule has 66 valence electrons. The number of rotatable bonds is 3. The molecule has 12 heavy (non-hydrogen) atoms. The fourth-order valence-corrected chi connectivity index (χ4v) is 1.31. The van der Waals surface area contributed by atoms with Gasteiger partial charge in [0.25, 0.3) is 0 Å². The molecule has 0 saturated heterocycles. The summed E-state index contributed by atoms with van der Waals surface area (Å²) in [5.74, 6) is 0.916. The first-order valence-electron chi connectivity index (χ1n) is 3.84. The van der Waals surface area contributed by atoms with Gasteiger partial charge in [0, 0.05) is 10.5 Å². The SMILES string of the molecule is CCCOc1cc(O)cc(Br)c1. The monoisotopic (exact) mass is 230 g/mol. The molecule has 0 atom stereocenters. The van der Waals surface area contributed by atoms with Crippen LogP contribution in [0.3, 0.4) is 0 Å². The van der Waals surface area contributed by atoms with Crippen molar-refractivity contribution in [1.82, 2.24) is 0 Å². The first kappa shape index (κ1) is 9.39. The van der Waals surface area contributed by atoms with E-state index in [2.05, 4.69) is 15.9 Å². The van der Waals surface area contributed by atoms with E-state index in [0.29, 0.717) is 12.4 Å². The van der Waals surface area contributed by atoms with Crippen LogP contribution in [0.25, 0.3) is 0 Å². The minimum absolute atomic E-state index is 0.218. The van der Waals surface area contributed by atoms with E-state index in [0.717, 1.165) is 10.9 Å². The van der Waals surface area contributed by atoms with Crippen LogP contribution in [0.15, 0.2) is 22.7 Å². The minimum atomic E-state index is 0.218.